The van der Waals surface area contributed by atoms with Crippen molar-refractivity contribution in [3.8, 4) is 0 Å². The number of rotatable bonds is 8. The number of carbonyl (C=O) groups is 2. The smallest absolute Gasteiger partial charge is 0.344 e. The zero-order chi connectivity index (χ0) is 26.7. The third kappa shape index (κ3) is 6.95. The van der Waals surface area contributed by atoms with Gasteiger partial charge < -0.3 is 14.9 Å². The van der Waals surface area contributed by atoms with E-state index < -0.39 is 54.9 Å². The molecule has 1 aliphatic rings. The summed E-state index contributed by atoms with van der Waals surface area (Å²) in [6.07, 6.45) is 2.46. The second kappa shape index (κ2) is 11.4. The third-order valence-electron chi connectivity index (χ3n) is 5.28. The standard InChI is InChI=1S/C24H25ClF2NO6PS/c1-24(2,3)23(30)33-13-34-35(31,32)21(17-12-36-20-7-5-15(25)11-16(17)20)22(29)28-9-8-14-4-6-18(26)19(27)10-14/h4-11,17,21H,12-13H2,1-3H3,(H,28,29)(H,31,32)/b9-8+. The Morgan fingerprint density at radius 3 is 2.64 bits per heavy atom. The molecule has 0 fully saturated rings. The maximum Gasteiger partial charge on any atom is 0.344 e. The van der Waals surface area contributed by atoms with Crippen LogP contribution in [0.4, 0.5) is 8.78 Å². The highest BCUT2D eigenvalue weighted by Gasteiger charge is 2.47. The van der Waals surface area contributed by atoms with Gasteiger partial charge >= 0.3 is 13.6 Å². The first-order chi connectivity index (χ1) is 16.8. The van der Waals surface area contributed by atoms with Gasteiger partial charge in [0.25, 0.3) is 0 Å². The number of hydrogen-bond acceptors (Lipinski definition) is 6. The Bertz CT molecular complexity index is 1240. The zero-order valence-electron chi connectivity index (χ0n) is 19.7. The van der Waals surface area contributed by atoms with Crippen LogP contribution in [0.3, 0.4) is 0 Å². The Morgan fingerprint density at radius 2 is 1.97 bits per heavy atom. The van der Waals surface area contributed by atoms with E-state index in [1.807, 2.05) is 0 Å². The van der Waals surface area contributed by atoms with Crippen molar-refractivity contribution in [2.75, 3.05) is 12.5 Å². The van der Waals surface area contributed by atoms with Crippen molar-refractivity contribution < 1.29 is 37.1 Å². The number of thioether (sulfide) groups is 1. The van der Waals surface area contributed by atoms with Crippen LogP contribution in [0.2, 0.25) is 5.02 Å². The highest BCUT2D eigenvalue weighted by Crippen LogP contribution is 2.57. The number of halogens is 3. The number of hydrogen-bond donors (Lipinski definition) is 2. The van der Waals surface area contributed by atoms with E-state index in [0.29, 0.717) is 16.3 Å². The van der Waals surface area contributed by atoms with Gasteiger partial charge in [-0.1, -0.05) is 17.7 Å². The Balaban J connectivity index is 1.83. The maximum atomic E-state index is 13.4. The van der Waals surface area contributed by atoms with Crippen LogP contribution in [-0.2, 0) is 23.4 Å². The summed E-state index contributed by atoms with van der Waals surface area (Å²) >= 11 is 7.52. The molecular formula is C24H25ClF2NO6PS. The number of nitrogens with one attached hydrogen (secondary N) is 1. The average Bonchev–Trinajstić information content (AvgIpc) is 3.17. The third-order valence-corrected chi connectivity index (χ3v) is 8.49. The molecule has 194 valence electrons. The van der Waals surface area contributed by atoms with Crippen LogP contribution in [0.25, 0.3) is 6.08 Å². The minimum atomic E-state index is -4.70. The van der Waals surface area contributed by atoms with Crippen LogP contribution in [0.1, 0.15) is 37.8 Å². The number of ether oxygens (including phenoxy) is 1. The molecule has 2 aromatic carbocycles. The number of benzene rings is 2. The van der Waals surface area contributed by atoms with E-state index in [2.05, 4.69) is 5.32 Å². The van der Waals surface area contributed by atoms with E-state index in [1.165, 1.54) is 23.9 Å². The molecule has 3 atom stereocenters. The van der Waals surface area contributed by atoms with Crippen LogP contribution in [0, 0.1) is 17.0 Å². The topological polar surface area (TPSA) is 102 Å². The molecule has 12 heteroatoms. The Kier molecular flexibility index (Phi) is 9.01. The molecule has 0 bridgehead atoms. The van der Waals surface area contributed by atoms with E-state index in [0.717, 1.165) is 23.2 Å². The van der Waals surface area contributed by atoms with Gasteiger partial charge in [-0.2, -0.15) is 0 Å². The maximum absolute atomic E-state index is 13.4. The number of fused-ring (bicyclic) bond motifs is 1. The van der Waals surface area contributed by atoms with Crippen molar-refractivity contribution in [2.24, 2.45) is 5.41 Å². The van der Waals surface area contributed by atoms with Gasteiger partial charge in [-0.25, -0.2) is 8.78 Å². The van der Waals surface area contributed by atoms with Crippen molar-refractivity contribution >= 4 is 48.9 Å². The number of esters is 1. The quantitative estimate of drug-likeness (QED) is 0.242. The van der Waals surface area contributed by atoms with Gasteiger partial charge in [-0.3, -0.25) is 18.7 Å². The van der Waals surface area contributed by atoms with Crippen molar-refractivity contribution in [2.45, 2.75) is 37.2 Å². The summed E-state index contributed by atoms with van der Waals surface area (Å²) in [6, 6.07) is 8.23. The fourth-order valence-electron chi connectivity index (χ4n) is 3.40. The van der Waals surface area contributed by atoms with E-state index in [-0.39, 0.29) is 5.56 Å². The molecular weight excluding hydrogens is 535 g/mol. The summed E-state index contributed by atoms with van der Waals surface area (Å²) in [6.45, 7) is 4.01. The molecule has 0 saturated heterocycles. The van der Waals surface area contributed by atoms with Gasteiger partial charge in [0.1, 0.15) is 5.66 Å². The molecule has 1 heterocycles. The van der Waals surface area contributed by atoms with E-state index in [9.17, 15) is 27.8 Å². The lowest BCUT2D eigenvalue weighted by Crippen LogP contribution is -2.37. The fraction of sp³-hybridized carbons (Fsp3) is 0.333. The summed E-state index contributed by atoms with van der Waals surface area (Å²) < 4.78 is 49.9. The lowest BCUT2D eigenvalue weighted by atomic mass is 9.97. The molecule has 7 nitrogen and oxygen atoms in total. The van der Waals surface area contributed by atoms with Gasteiger partial charge in [0.05, 0.1) is 5.41 Å². The van der Waals surface area contributed by atoms with Gasteiger partial charge in [0, 0.05) is 27.8 Å². The first-order valence-corrected chi connectivity index (χ1v) is 13.8. The van der Waals surface area contributed by atoms with Crippen LogP contribution < -0.4 is 5.32 Å². The minimum Gasteiger partial charge on any atom is -0.438 e. The van der Waals surface area contributed by atoms with Gasteiger partial charge in [-0.15, -0.1) is 11.8 Å². The second-order valence-electron chi connectivity index (χ2n) is 9.05. The molecule has 0 spiro atoms. The summed E-state index contributed by atoms with van der Waals surface area (Å²) in [5.74, 6) is -4.01. The number of amides is 1. The molecule has 3 unspecified atom stereocenters. The predicted molar refractivity (Wildman–Crippen MR) is 134 cm³/mol. The monoisotopic (exact) mass is 559 g/mol. The van der Waals surface area contributed by atoms with Crippen LogP contribution in [0.15, 0.2) is 47.5 Å². The molecule has 2 N–H and O–H groups in total. The molecule has 0 aliphatic carbocycles. The largest absolute Gasteiger partial charge is 0.438 e. The molecule has 0 saturated carbocycles. The normalized spacial score (nSPS) is 17.9. The van der Waals surface area contributed by atoms with Crippen molar-refractivity contribution in [3.05, 3.63) is 70.4 Å². The molecule has 0 aromatic heterocycles. The van der Waals surface area contributed by atoms with Crippen molar-refractivity contribution in [1.82, 2.24) is 5.32 Å². The first-order valence-electron chi connectivity index (χ1n) is 10.8. The number of carbonyl (C=O) groups excluding carboxylic acids is 2. The summed E-state index contributed by atoms with van der Waals surface area (Å²) in [5, 5.41) is 2.81. The molecule has 1 amide bonds. The Labute approximate surface area is 216 Å². The summed E-state index contributed by atoms with van der Waals surface area (Å²) in [4.78, 5) is 36.8. The molecule has 36 heavy (non-hydrogen) atoms. The van der Waals surface area contributed by atoms with Gasteiger partial charge in [0.2, 0.25) is 12.7 Å². The van der Waals surface area contributed by atoms with Crippen LogP contribution >= 0.6 is 31.0 Å². The van der Waals surface area contributed by atoms with Gasteiger partial charge in [-0.05, 0) is 68.3 Å². The highest BCUT2D eigenvalue weighted by atomic mass is 35.5. The van der Waals surface area contributed by atoms with E-state index in [4.69, 9.17) is 20.9 Å². The second-order valence-corrected chi connectivity index (χ2v) is 12.5. The average molecular weight is 560 g/mol. The minimum absolute atomic E-state index is 0.261. The molecule has 3 rings (SSSR count). The lowest BCUT2D eigenvalue weighted by molar-refractivity contribution is -0.159. The molecule has 1 aliphatic heterocycles. The SMILES string of the molecule is CC(C)(C)C(=O)OCOP(=O)(O)C(C(=O)N/C=C/c1ccc(F)c(F)c1)C1CSc2ccc(Cl)cc21. The fourth-order valence-corrected chi connectivity index (χ4v) is 6.45. The summed E-state index contributed by atoms with van der Waals surface area (Å²) in [7, 11) is -4.70. The van der Waals surface area contributed by atoms with Gasteiger partial charge in [0.15, 0.2) is 11.6 Å². The van der Waals surface area contributed by atoms with E-state index >= 15 is 0 Å². The van der Waals surface area contributed by atoms with Crippen molar-refractivity contribution in [3.63, 3.8) is 0 Å². The Hall–Kier alpha value is -2.23. The lowest BCUT2D eigenvalue weighted by Gasteiger charge is -2.27. The first kappa shape index (κ1) is 28.3. The van der Waals surface area contributed by atoms with Crippen LogP contribution in [0.5, 0.6) is 0 Å². The molecule has 2 aromatic rings. The van der Waals surface area contributed by atoms with Crippen molar-refractivity contribution in [1.29, 1.82) is 0 Å². The van der Waals surface area contributed by atoms with Crippen LogP contribution in [-0.4, -0.2) is 35.0 Å². The summed E-state index contributed by atoms with van der Waals surface area (Å²) in [5.41, 5.74) is -1.56. The Morgan fingerprint density at radius 1 is 1.25 bits per heavy atom. The highest BCUT2D eigenvalue weighted by molar-refractivity contribution is 7.99. The zero-order valence-corrected chi connectivity index (χ0v) is 22.1. The van der Waals surface area contributed by atoms with E-state index in [1.54, 1.807) is 39.0 Å². The molecule has 0 radical (unpaired) electrons. The predicted octanol–water partition coefficient (Wildman–Crippen LogP) is 5.71.